The van der Waals surface area contributed by atoms with Crippen LogP contribution in [-0.4, -0.2) is 18.3 Å². The Balaban J connectivity index is 2.56. The van der Waals surface area contributed by atoms with Crippen molar-refractivity contribution < 1.29 is 9.84 Å². The lowest BCUT2D eigenvalue weighted by Crippen LogP contribution is -2.00. The normalized spacial score (nSPS) is 10.0. The van der Waals surface area contributed by atoms with E-state index in [1.165, 1.54) is 0 Å². The highest BCUT2D eigenvalue weighted by Gasteiger charge is 2.00. The summed E-state index contributed by atoms with van der Waals surface area (Å²) in [5, 5.41) is 9.02. The Hall–Kier alpha value is -0.930. The predicted octanol–water partition coefficient (Wildman–Crippen LogP) is 1.68. The fourth-order valence-electron chi connectivity index (χ4n) is 0.881. The highest BCUT2D eigenvalue weighted by Crippen LogP contribution is 2.26. The van der Waals surface area contributed by atoms with Crippen LogP contribution in [0, 0.1) is 0 Å². The van der Waals surface area contributed by atoms with E-state index in [9.17, 15) is 0 Å². The maximum atomic E-state index is 8.52. The van der Waals surface area contributed by atoms with Gasteiger partial charge in [0.1, 0.15) is 5.75 Å². The van der Waals surface area contributed by atoms with E-state index < -0.39 is 0 Å². The van der Waals surface area contributed by atoms with Gasteiger partial charge in [-0.3, -0.25) is 0 Å². The van der Waals surface area contributed by atoms with Crippen LogP contribution in [0.5, 0.6) is 5.75 Å². The van der Waals surface area contributed by atoms with Gasteiger partial charge >= 0.3 is 0 Å². The summed E-state index contributed by atoms with van der Waals surface area (Å²) in [6.45, 7) is 0.576. The van der Waals surface area contributed by atoms with Crippen LogP contribution in [0.15, 0.2) is 18.2 Å². The second-order valence-corrected chi connectivity index (χ2v) is 3.02. The van der Waals surface area contributed by atoms with Crippen molar-refractivity contribution in [2.75, 3.05) is 18.9 Å². The molecule has 0 aliphatic rings. The van der Waals surface area contributed by atoms with E-state index in [0.717, 1.165) is 0 Å². The van der Waals surface area contributed by atoms with Gasteiger partial charge in [0, 0.05) is 18.7 Å². The van der Waals surface area contributed by atoms with E-state index in [1.807, 2.05) is 0 Å². The van der Waals surface area contributed by atoms with Gasteiger partial charge in [-0.05, 0) is 18.2 Å². The van der Waals surface area contributed by atoms with Gasteiger partial charge in [-0.2, -0.15) is 0 Å². The SMILES string of the molecule is Nc1ccc(OCCCO)c(Cl)c1. The summed E-state index contributed by atoms with van der Waals surface area (Å²) < 4.78 is 5.28. The van der Waals surface area contributed by atoms with Crippen molar-refractivity contribution in [2.24, 2.45) is 0 Å². The molecule has 0 heterocycles. The molecular weight excluding hydrogens is 190 g/mol. The van der Waals surface area contributed by atoms with Crippen molar-refractivity contribution >= 4 is 17.3 Å². The summed E-state index contributed by atoms with van der Waals surface area (Å²) in [5.74, 6) is 0.601. The molecule has 0 aromatic heterocycles. The van der Waals surface area contributed by atoms with Crippen LogP contribution >= 0.6 is 11.6 Å². The third kappa shape index (κ3) is 3.13. The summed E-state index contributed by atoms with van der Waals surface area (Å²) in [6.07, 6.45) is 0.598. The van der Waals surface area contributed by atoms with Crippen molar-refractivity contribution in [3.63, 3.8) is 0 Å². The van der Waals surface area contributed by atoms with Gasteiger partial charge in [-0.1, -0.05) is 11.6 Å². The van der Waals surface area contributed by atoms with Crippen molar-refractivity contribution in [3.8, 4) is 5.75 Å². The first kappa shape index (κ1) is 10.2. The fraction of sp³-hybridized carbons (Fsp3) is 0.333. The molecule has 0 amide bonds. The number of halogens is 1. The molecule has 1 aromatic carbocycles. The minimum Gasteiger partial charge on any atom is -0.492 e. The van der Waals surface area contributed by atoms with Gasteiger partial charge in [0.25, 0.3) is 0 Å². The molecule has 0 spiro atoms. The van der Waals surface area contributed by atoms with Crippen molar-refractivity contribution in [1.29, 1.82) is 0 Å². The number of nitrogen functional groups attached to an aromatic ring is 1. The van der Waals surface area contributed by atoms with Gasteiger partial charge in [-0.25, -0.2) is 0 Å². The molecular formula is C9H12ClNO2. The Labute approximate surface area is 82.1 Å². The van der Waals surface area contributed by atoms with E-state index >= 15 is 0 Å². The van der Waals surface area contributed by atoms with E-state index in [-0.39, 0.29) is 6.61 Å². The lowest BCUT2D eigenvalue weighted by molar-refractivity contribution is 0.233. The zero-order chi connectivity index (χ0) is 9.68. The molecule has 0 bridgehead atoms. The van der Waals surface area contributed by atoms with Crippen molar-refractivity contribution in [2.45, 2.75) is 6.42 Å². The summed E-state index contributed by atoms with van der Waals surface area (Å²) in [4.78, 5) is 0. The summed E-state index contributed by atoms with van der Waals surface area (Å²) >= 11 is 5.84. The van der Waals surface area contributed by atoms with Gasteiger partial charge in [0.2, 0.25) is 0 Å². The Morgan fingerprint density at radius 1 is 1.46 bits per heavy atom. The fourth-order valence-corrected chi connectivity index (χ4v) is 1.12. The van der Waals surface area contributed by atoms with Crippen LogP contribution < -0.4 is 10.5 Å². The number of ether oxygens (including phenoxy) is 1. The van der Waals surface area contributed by atoms with Crippen LogP contribution in [0.25, 0.3) is 0 Å². The molecule has 0 unspecified atom stereocenters. The predicted molar refractivity (Wildman–Crippen MR) is 53.1 cm³/mol. The average molecular weight is 202 g/mol. The minimum absolute atomic E-state index is 0.118. The molecule has 0 radical (unpaired) electrons. The minimum atomic E-state index is 0.118. The Bertz CT molecular complexity index is 278. The largest absolute Gasteiger partial charge is 0.492 e. The molecule has 13 heavy (non-hydrogen) atoms. The lowest BCUT2D eigenvalue weighted by atomic mass is 10.3. The average Bonchev–Trinajstić information content (AvgIpc) is 2.09. The van der Waals surface area contributed by atoms with E-state index in [4.69, 9.17) is 27.2 Å². The summed E-state index contributed by atoms with van der Waals surface area (Å²) in [7, 11) is 0. The topological polar surface area (TPSA) is 55.5 Å². The second kappa shape index (κ2) is 4.94. The van der Waals surface area contributed by atoms with E-state index in [2.05, 4.69) is 0 Å². The van der Waals surface area contributed by atoms with Crippen LogP contribution in [0.3, 0.4) is 0 Å². The molecule has 1 aromatic rings. The molecule has 0 aliphatic heterocycles. The number of anilines is 1. The molecule has 0 aliphatic carbocycles. The number of hydrogen-bond acceptors (Lipinski definition) is 3. The maximum absolute atomic E-state index is 8.52. The second-order valence-electron chi connectivity index (χ2n) is 2.62. The number of rotatable bonds is 4. The molecule has 4 heteroatoms. The molecule has 3 nitrogen and oxygen atoms in total. The number of nitrogens with two attached hydrogens (primary N) is 1. The van der Waals surface area contributed by atoms with Crippen molar-refractivity contribution in [3.05, 3.63) is 23.2 Å². The van der Waals surface area contributed by atoms with Gasteiger partial charge in [-0.15, -0.1) is 0 Å². The monoisotopic (exact) mass is 201 g/mol. The van der Waals surface area contributed by atoms with Crippen LogP contribution in [0.1, 0.15) is 6.42 Å². The van der Waals surface area contributed by atoms with Gasteiger partial charge in [0.05, 0.1) is 11.6 Å². The molecule has 0 saturated carbocycles. The lowest BCUT2D eigenvalue weighted by Gasteiger charge is -2.07. The number of benzene rings is 1. The third-order valence-electron chi connectivity index (χ3n) is 1.52. The van der Waals surface area contributed by atoms with Crippen LogP contribution in [-0.2, 0) is 0 Å². The molecule has 72 valence electrons. The maximum Gasteiger partial charge on any atom is 0.138 e. The zero-order valence-electron chi connectivity index (χ0n) is 7.16. The van der Waals surface area contributed by atoms with Crippen molar-refractivity contribution in [1.82, 2.24) is 0 Å². The molecule has 0 atom stereocenters. The first-order chi connectivity index (χ1) is 6.24. The smallest absolute Gasteiger partial charge is 0.138 e. The number of aliphatic hydroxyl groups excluding tert-OH is 1. The van der Waals surface area contributed by atoms with Crippen LogP contribution in [0.4, 0.5) is 5.69 Å². The molecule has 0 fully saturated rings. The van der Waals surface area contributed by atoms with E-state index in [0.29, 0.717) is 29.5 Å². The molecule has 3 N–H and O–H groups in total. The first-order valence-electron chi connectivity index (χ1n) is 4.02. The number of hydrogen-bond donors (Lipinski definition) is 2. The van der Waals surface area contributed by atoms with E-state index in [1.54, 1.807) is 18.2 Å². The summed E-state index contributed by atoms with van der Waals surface area (Å²) in [6, 6.07) is 5.07. The third-order valence-corrected chi connectivity index (χ3v) is 1.81. The Kier molecular flexibility index (Phi) is 3.86. The molecule has 0 saturated heterocycles. The summed E-state index contributed by atoms with van der Waals surface area (Å²) in [5.41, 5.74) is 6.11. The quantitative estimate of drug-likeness (QED) is 0.576. The highest BCUT2D eigenvalue weighted by molar-refractivity contribution is 6.32. The van der Waals surface area contributed by atoms with Gasteiger partial charge in [0.15, 0.2) is 0 Å². The zero-order valence-corrected chi connectivity index (χ0v) is 7.92. The first-order valence-corrected chi connectivity index (χ1v) is 4.40. The Morgan fingerprint density at radius 3 is 2.85 bits per heavy atom. The number of aliphatic hydroxyl groups is 1. The Morgan fingerprint density at radius 2 is 2.23 bits per heavy atom. The van der Waals surface area contributed by atoms with Crippen LogP contribution in [0.2, 0.25) is 5.02 Å². The highest BCUT2D eigenvalue weighted by atomic mass is 35.5. The standard InChI is InChI=1S/C9H12ClNO2/c10-8-6-7(11)2-3-9(8)13-5-1-4-12/h2-3,6,12H,1,4-5,11H2. The van der Waals surface area contributed by atoms with Gasteiger partial charge < -0.3 is 15.6 Å². The molecule has 1 rings (SSSR count).